The first-order valence-electron chi connectivity index (χ1n) is 5.78. The molecule has 84 valence electrons. The Bertz CT molecular complexity index is 318. The van der Waals surface area contributed by atoms with Gasteiger partial charge in [0.15, 0.2) is 0 Å². The quantitative estimate of drug-likeness (QED) is 0.697. The molecule has 0 amide bonds. The summed E-state index contributed by atoms with van der Waals surface area (Å²) in [5, 5.41) is 0. The van der Waals surface area contributed by atoms with E-state index in [0.717, 1.165) is 0 Å². The third kappa shape index (κ3) is 2.02. The molecule has 1 saturated heterocycles. The summed E-state index contributed by atoms with van der Waals surface area (Å²) >= 11 is 0. The fourth-order valence-electron chi connectivity index (χ4n) is 2.31. The Balaban J connectivity index is 2.23. The Kier molecular flexibility index (Phi) is 3.00. The van der Waals surface area contributed by atoms with Crippen LogP contribution in [0.2, 0.25) is 0 Å². The highest BCUT2D eigenvalue weighted by molar-refractivity contribution is 5.41. The van der Waals surface area contributed by atoms with E-state index in [1.54, 1.807) is 0 Å². The summed E-state index contributed by atoms with van der Waals surface area (Å²) in [6.07, 6.45) is 5.22. The maximum absolute atomic E-state index is 2.49. The molecule has 1 atom stereocenters. The Labute approximate surface area is 92.3 Å². The van der Waals surface area contributed by atoms with Crippen molar-refractivity contribution >= 4 is 5.82 Å². The Morgan fingerprint density at radius 1 is 1.20 bits per heavy atom. The average molecular weight is 207 g/mol. The van der Waals surface area contributed by atoms with E-state index in [-0.39, 0.29) is 0 Å². The summed E-state index contributed by atoms with van der Waals surface area (Å²) in [4.78, 5) is 4.92. The zero-order valence-electron chi connectivity index (χ0n) is 9.98. The molecule has 1 aliphatic heterocycles. The van der Waals surface area contributed by atoms with Gasteiger partial charge in [-0.3, -0.25) is 4.90 Å². The molecule has 1 aromatic heterocycles. The van der Waals surface area contributed by atoms with Crippen LogP contribution in [0, 0.1) is 0 Å². The second-order valence-electron chi connectivity index (χ2n) is 4.49. The SMILES string of the molecule is C[C@H]1N(C)CCCCN1c1cccn1C. The van der Waals surface area contributed by atoms with Crippen LogP contribution in [0.5, 0.6) is 0 Å². The summed E-state index contributed by atoms with van der Waals surface area (Å²) < 4.78 is 2.20. The van der Waals surface area contributed by atoms with Gasteiger partial charge >= 0.3 is 0 Å². The van der Waals surface area contributed by atoms with Crippen LogP contribution < -0.4 is 4.90 Å². The molecule has 0 spiro atoms. The van der Waals surface area contributed by atoms with Crippen molar-refractivity contribution in [2.75, 3.05) is 25.0 Å². The van der Waals surface area contributed by atoms with Crippen LogP contribution in [0.25, 0.3) is 0 Å². The highest BCUT2D eigenvalue weighted by Gasteiger charge is 2.22. The summed E-state index contributed by atoms with van der Waals surface area (Å²) in [6, 6.07) is 4.32. The van der Waals surface area contributed by atoms with E-state index >= 15 is 0 Å². The molecule has 1 fully saturated rings. The minimum atomic E-state index is 0.501. The van der Waals surface area contributed by atoms with Crippen molar-refractivity contribution in [1.82, 2.24) is 9.47 Å². The van der Waals surface area contributed by atoms with E-state index in [9.17, 15) is 0 Å². The first-order valence-corrected chi connectivity index (χ1v) is 5.78. The molecule has 0 aliphatic carbocycles. The third-order valence-corrected chi connectivity index (χ3v) is 3.46. The molecule has 0 bridgehead atoms. The van der Waals surface area contributed by atoms with E-state index in [1.807, 2.05) is 0 Å². The van der Waals surface area contributed by atoms with Crippen LogP contribution in [0.1, 0.15) is 19.8 Å². The van der Waals surface area contributed by atoms with E-state index in [2.05, 4.69) is 53.7 Å². The van der Waals surface area contributed by atoms with Crippen LogP contribution in [0.4, 0.5) is 5.82 Å². The summed E-state index contributed by atoms with van der Waals surface area (Å²) in [7, 11) is 4.33. The maximum Gasteiger partial charge on any atom is 0.109 e. The molecule has 0 N–H and O–H groups in total. The van der Waals surface area contributed by atoms with Gasteiger partial charge in [-0.25, -0.2) is 0 Å². The Hall–Kier alpha value is -0.960. The molecular formula is C12H21N3. The third-order valence-electron chi connectivity index (χ3n) is 3.46. The van der Waals surface area contributed by atoms with E-state index < -0.39 is 0 Å². The molecule has 2 heterocycles. The van der Waals surface area contributed by atoms with E-state index in [0.29, 0.717) is 6.17 Å². The van der Waals surface area contributed by atoms with Crippen molar-refractivity contribution in [2.24, 2.45) is 7.05 Å². The van der Waals surface area contributed by atoms with Gasteiger partial charge in [0, 0.05) is 19.8 Å². The van der Waals surface area contributed by atoms with Crippen LogP contribution in [0.15, 0.2) is 18.3 Å². The second-order valence-corrected chi connectivity index (χ2v) is 4.49. The minimum absolute atomic E-state index is 0.501. The number of hydrogen-bond acceptors (Lipinski definition) is 2. The predicted octanol–water partition coefficient (Wildman–Crippen LogP) is 1.90. The summed E-state index contributed by atoms with van der Waals surface area (Å²) in [5.41, 5.74) is 0. The van der Waals surface area contributed by atoms with Crippen molar-refractivity contribution in [3.63, 3.8) is 0 Å². The van der Waals surface area contributed by atoms with Crippen molar-refractivity contribution < 1.29 is 0 Å². The predicted molar refractivity (Wildman–Crippen MR) is 64.1 cm³/mol. The van der Waals surface area contributed by atoms with Gasteiger partial charge in [0.2, 0.25) is 0 Å². The zero-order valence-corrected chi connectivity index (χ0v) is 9.98. The molecule has 15 heavy (non-hydrogen) atoms. The topological polar surface area (TPSA) is 11.4 Å². The van der Waals surface area contributed by atoms with Crippen molar-refractivity contribution in [1.29, 1.82) is 0 Å². The minimum Gasteiger partial charge on any atom is -0.343 e. The lowest BCUT2D eigenvalue weighted by atomic mass is 10.3. The molecule has 0 saturated carbocycles. The van der Waals surface area contributed by atoms with Crippen LogP contribution in [-0.2, 0) is 7.05 Å². The van der Waals surface area contributed by atoms with Gasteiger partial charge in [0.1, 0.15) is 5.82 Å². The molecular weight excluding hydrogens is 186 g/mol. The number of rotatable bonds is 1. The number of aryl methyl sites for hydroxylation is 1. The van der Waals surface area contributed by atoms with Gasteiger partial charge in [-0.1, -0.05) is 0 Å². The van der Waals surface area contributed by atoms with Crippen LogP contribution in [-0.4, -0.2) is 35.8 Å². The van der Waals surface area contributed by atoms with E-state index in [1.165, 1.54) is 31.7 Å². The number of anilines is 1. The van der Waals surface area contributed by atoms with Crippen molar-refractivity contribution in [3.05, 3.63) is 18.3 Å². The number of aromatic nitrogens is 1. The average Bonchev–Trinajstić information content (AvgIpc) is 2.56. The van der Waals surface area contributed by atoms with Crippen molar-refractivity contribution in [2.45, 2.75) is 25.9 Å². The van der Waals surface area contributed by atoms with Crippen molar-refractivity contribution in [3.8, 4) is 0 Å². The Morgan fingerprint density at radius 3 is 2.60 bits per heavy atom. The van der Waals surface area contributed by atoms with Gasteiger partial charge in [0.25, 0.3) is 0 Å². The van der Waals surface area contributed by atoms with Crippen LogP contribution >= 0.6 is 0 Å². The molecule has 0 radical (unpaired) electrons. The van der Waals surface area contributed by atoms with Gasteiger partial charge in [0.05, 0.1) is 6.17 Å². The molecule has 0 aromatic carbocycles. The molecule has 1 aromatic rings. The first kappa shape index (κ1) is 10.6. The summed E-state index contributed by atoms with van der Waals surface area (Å²) in [5.74, 6) is 1.33. The smallest absolute Gasteiger partial charge is 0.109 e. The van der Waals surface area contributed by atoms with Crippen LogP contribution in [0.3, 0.4) is 0 Å². The standard InChI is InChI=1S/C12H21N3/c1-11-13(2)8-4-5-10-15(11)12-7-6-9-14(12)3/h6-7,9,11H,4-5,8,10H2,1-3H3/t11-/m0/s1. The zero-order chi connectivity index (χ0) is 10.8. The van der Waals surface area contributed by atoms with Gasteiger partial charge in [-0.15, -0.1) is 0 Å². The largest absolute Gasteiger partial charge is 0.343 e. The van der Waals surface area contributed by atoms with E-state index in [4.69, 9.17) is 0 Å². The number of nitrogens with zero attached hydrogens (tertiary/aromatic N) is 3. The normalized spacial score (nSPS) is 24.2. The van der Waals surface area contributed by atoms with Gasteiger partial charge in [-0.05, 0) is 45.5 Å². The lowest BCUT2D eigenvalue weighted by Gasteiger charge is -2.34. The fraction of sp³-hybridized carbons (Fsp3) is 0.667. The lowest BCUT2D eigenvalue weighted by molar-refractivity contribution is 0.265. The van der Waals surface area contributed by atoms with Gasteiger partial charge < -0.3 is 9.47 Å². The molecule has 3 heteroatoms. The highest BCUT2D eigenvalue weighted by Crippen LogP contribution is 2.21. The second kappa shape index (κ2) is 4.27. The fourth-order valence-corrected chi connectivity index (χ4v) is 2.31. The maximum atomic E-state index is 2.49. The van der Waals surface area contributed by atoms with Gasteiger partial charge in [-0.2, -0.15) is 0 Å². The molecule has 0 unspecified atom stereocenters. The molecule has 3 nitrogen and oxygen atoms in total. The highest BCUT2D eigenvalue weighted by atomic mass is 15.4. The summed E-state index contributed by atoms with van der Waals surface area (Å²) in [6.45, 7) is 4.67. The monoisotopic (exact) mass is 207 g/mol. The lowest BCUT2D eigenvalue weighted by Crippen LogP contribution is -2.44. The molecule has 1 aliphatic rings. The number of hydrogen-bond donors (Lipinski definition) is 0. The Morgan fingerprint density at radius 2 is 1.93 bits per heavy atom. The first-order chi connectivity index (χ1) is 7.20. The molecule has 2 rings (SSSR count).